The first kappa shape index (κ1) is 17.5. The van der Waals surface area contributed by atoms with Crippen molar-refractivity contribution in [1.82, 2.24) is 4.90 Å². The molecule has 1 nitrogen and oxygen atoms in total. The summed E-state index contributed by atoms with van der Waals surface area (Å²) in [6.45, 7) is 7.94. The van der Waals surface area contributed by atoms with Gasteiger partial charge in [-0.25, -0.2) is 0 Å². The molecule has 0 aliphatic carbocycles. The third kappa shape index (κ3) is 3.64. The van der Waals surface area contributed by atoms with E-state index < -0.39 is 0 Å². The summed E-state index contributed by atoms with van der Waals surface area (Å²) >= 11 is 0. The highest BCUT2D eigenvalue weighted by Gasteiger charge is 2.34. The van der Waals surface area contributed by atoms with Crippen LogP contribution in [0.1, 0.15) is 63.1 Å². The Hall–Kier alpha value is -1.86. The van der Waals surface area contributed by atoms with Crippen LogP contribution in [0.4, 0.5) is 0 Å². The van der Waals surface area contributed by atoms with Gasteiger partial charge >= 0.3 is 0 Å². The van der Waals surface area contributed by atoms with Crippen molar-refractivity contribution in [2.24, 2.45) is 0 Å². The van der Waals surface area contributed by atoms with E-state index in [4.69, 9.17) is 0 Å². The predicted molar refractivity (Wildman–Crippen MR) is 111 cm³/mol. The van der Waals surface area contributed by atoms with Gasteiger partial charge in [0.05, 0.1) is 0 Å². The maximum absolute atomic E-state index is 2.74. The summed E-state index contributed by atoms with van der Waals surface area (Å²) < 4.78 is 0. The lowest BCUT2D eigenvalue weighted by atomic mass is 9.81. The van der Waals surface area contributed by atoms with E-state index in [0.717, 1.165) is 6.54 Å². The standard InChI is InChI=1S/C25H31N/c1-25(2,3)22-14-12-20(13-15-22)21-16-23-10-7-11-24(17-21)26(23)18-19-8-5-4-6-9-19/h4-6,8-9,12-16,23-24H,7,10-11,17-18H2,1-3H3. The molecule has 4 rings (SSSR count). The van der Waals surface area contributed by atoms with Crippen LogP contribution in [0.25, 0.3) is 5.57 Å². The molecule has 136 valence electrons. The first-order valence-electron chi connectivity index (χ1n) is 10.1. The molecule has 2 aromatic carbocycles. The molecule has 0 radical (unpaired) electrons. The molecule has 0 saturated carbocycles. The molecule has 2 atom stereocenters. The number of rotatable bonds is 3. The van der Waals surface area contributed by atoms with Gasteiger partial charge in [-0.2, -0.15) is 0 Å². The summed E-state index contributed by atoms with van der Waals surface area (Å²) in [6, 6.07) is 21.6. The zero-order valence-corrected chi connectivity index (χ0v) is 16.4. The number of fused-ring (bicyclic) bond motifs is 2. The molecular weight excluding hydrogens is 314 g/mol. The second-order valence-corrected chi connectivity index (χ2v) is 9.03. The van der Waals surface area contributed by atoms with Gasteiger partial charge in [0.1, 0.15) is 0 Å². The molecule has 2 bridgehead atoms. The highest BCUT2D eigenvalue weighted by molar-refractivity contribution is 5.68. The fourth-order valence-corrected chi connectivity index (χ4v) is 4.56. The van der Waals surface area contributed by atoms with Crippen molar-refractivity contribution in [2.75, 3.05) is 0 Å². The van der Waals surface area contributed by atoms with E-state index in [0.29, 0.717) is 12.1 Å². The summed E-state index contributed by atoms with van der Waals surface area (Å²) in [5.41, 5.74) is 6.07. The van der Waals surface area contributed by atoms with Crippen LogP contribution in [0.5, 0.6) is 0 Å². The molecule has 1 fully saturated rings. The lowest BCUT2D eigenvalue weighted by molar-refractivity contribution is 0.0951. The Labute approximate surface area is 158 Å². The highest BCUT2D eigenvalue weighted by Crippen LogP contribution is 2.38. The van der Waals surface area contributed by atoms with Crippen molar-refractivity contribution in [1.29, 1.82) is 0 Å². The largest absolute Gasteiger partial charge is 0.289 e. The minimum atomic E-state index is 0.225. The average Bonchev–Trinajstić information content (AvgIpc) is 2.62. The van der Waals surface area contributed by atoms with Crippen molar-refractivity contribution < 1.29 is 0 Å². The maximum atomic E-state index is 2.74. The SMILES string of the molecule is CC(C)(C)c1ccc(C2=CC3CCCC(C2)N3Cc2ccccc2)cc1. The van der Waals surface area contributed by atoms with Crippen LogP contribution in [0.15, 0.2) is 60.7 Å². The lowest BCUT2D eigenvalue weighted by Crippen LogP contribution is -2.47. The Balaban J connectivity index is 1.56. The molecule has 0 N–H and O–H groups in total. The van der Waals surface area contributed by atoms with Gasteiger partial charge in [0.25, 0.3) is 0 Å². The highest BCUT2D eigenvalue weighted by atomic mass is 15.2. The van der Waals surface area contributed by atoms with Gasteiger partial charge in [0.15, 0.2) is 0 Å². The normalized spacial score (nSPS) is 23.6. The van der Waals surface area contributed by atoms with Crippen LogP contribution in [0, 0.1) is 0 Å². The van der Waals surface area contributed by atoms with E-state index >= 15 is 0 Å². The van der Waals surface area contributed by atoms with Crippen molar-refractivity contribution in [3.63, 3.8) is 0 Å². The molecule has 0 spiro atoms. The van der Waals surface area contributed by atoms with Gasteiger partial charge in [0, 0.05) is 18.6 Å². The molecule has 2 unspecified atom stereocenters. The van der Waals surface area contributed by atoms with Gasteiger partial charge in [-0.05, 0) is 46.9 Å². The Bertz CT molecular complexity index is 764. The molecule has 2 aliphatic rings. The summed E-state index contributed by atoms with van der Waals surface area (Å²) in [4.78, 5) is 2.74. The fourth-order valence-electron chi connectivity index (χ4n) is 4.56. The second-order valence-electron chi connectivity index (χ2n) is 9.03. The average molecular weight is 346 g/mol. The third-order valence-corrected chi connectivity index (χ3v) is 6.11. The van der Waals surface area contributed by atoms with Crippen LogP contribution in [-0.4, -0.2) is 17.0 Å². The second kappa shape index (κ2) is 7.04. The van der Waals surface area contributed by atoms with Crippen LogP contribution in [0.3, 0.4) is 0 Å². The Morgan fingerprint density at radius 1 is 0.923 bits per heavy atom. The van der Waals surface area contributed by atoms with E-state index in [1.165, 1.54) is 42.4 Å². The molecule has 0 aromatic heterocycles. The smallest absolute Gasteiger partial charge is 0.0290 e. The van der Waals surface area contributed by atoms with Crippen LogP contribution in [-0.2, 0) is 12.0 Å². The molecular formula is C25H31N. The predicted octanol–water partition coefficient (Wildman–Crippen LogP) is 6.19. The summed E-state index contributed by atoms with van der Waals surface area (Å²) in [6.07, 6.45) is 7.75. The first-order valence-corrected chi connectivity index (χ1v) is 10.1. The van der Waals surface area contributed by atoms with E-state index in [2.05, 4.69) is 86.3 Å². The van der Waals surface area contributed by atoms with Crippen molar-refractivity contribution in [2.45, 2.75) is 70.5 Å². The first-order chi connectivity index (χ1) is 12.5. The number of benzene rings is 2. The number of piperidine rings is 1. The quantitative estimate of drug-likeness (QED) is 0.640. The van der Waals surface area contributed by atoms with Crippen molar-refractivity contribution in [3.8, 4) is 0 Å². The number of nitrogens with zero attached hydrogens (tertiary/aromatic N) is 1. The molecule has 26 heavy (non-hydrogen) atoms. The minimum Gasteiger partial charge on any atom is -0.289 e. The number of hydrogen-bond donors (Lipinski definition) is 0. The lowest BCUT2D eigenvalue weighted by Gasteiger charge is -2.45. The fraction of sp³-hybridized carbons (Fsp3) is 0.440. The minimum absolute atomic E-state index is 0.225. The molecule has 0 amide bonds. The van der Waals surface area contributed by atoms with Gasteiger partial charge in [-0.3, -0.25) is 4.90 Å². The van der Waals surface area contributed by atoms with E-state index in [9.17, 15) is 0 Å². The van der Waals surface area contributed by atoms with Crippen molar-refractivity contribution in [3.05, 3.63) is 77.4 Å². The summed E-state index contributed by atoms with van der Waals surface area (Å²) in [5, 5.41) is 0. The Kier molecular flexibility index (Phi) is 4.75. The molecule has 2 aromatic rings. The van der Waals surface area contributed by atoms with Gasteiger partial charge < -0.3 is 0 Å². The summed E-state index contributed by atoms with van der Waals surface area (Å²) in [5.74, 6) is 0. The van der Waals surface area contributed by atoms with E-state index in [1.54, 1.807) is 5.57 Å². The number of hydrogen-bond acceptors (Lipinski definition) is 1. The van der Waals surface area contributed by atoms with E-state index in [-0.39, 0.29) is 5.41 Å². The maximum Gasteiger partial charge on any atom is 0.0290 e. The topological polar surface area (TPSA) is 3.24 Å². The third-order valence-electron chi connectivity index (χ3n) is 6.11. The zero-order chi connectivity index (χ0) is 18.1. The monoisotopic (exact) mass is 345 g/mol. The van der Waals surface area contributed by atoms with Gasteiger partial charge in [-0.1, -0.05) is 87.9 Å². The zero-order valence-electron chi connectivity index (χ0n) is 16.4. The van der Waals surface area contributed by atoms with Crippen LogP contribution < -0.4 is 0 Å². The van der Waals surface area contributed by atoms with Crippen molar-refractivity contribution >= 4 is 5.57 Å². The molecule has 2 aliphatic heterocycles. The molecule has 1 saturated heterocycles. The van der Waals surface area contributed by atoms with E-state index in [1.807, 2.05) is 0 Å². The van der Waals surface area contributed by atoms with Gasteiger partial charge in [-0.15, -0.1) is 0 Å². The van der Waals surface area contributed by atoms with Gasteiger partial charge in [0.2, 0.25) is 0 Å². The Morgan fingerprint density at radius 2 is 1.65 bits per heavy atom. The molecule has 2 heterocycles. The summed E-state index contributed by atoms with van der Waals surface area (Å²) in [7, 11) is 0. The molecule has 1 heteroatoms. The Morgan fingerprint density at radius 3 is 2.31 bits per heavy atom. The van der Waals surface area contributed by atoms with Crippen LogP contribution >= 0.6 is 0 Å². The van der Waals surface area contributed by atoms with Crippen LogP contribution in [0.2, 0.25) is 0 Å².